The van der Waals surface area contributed by atoms with Crippen LogP contribution in [0.4, 0.5) is 5.69 Å². The zero-order valence-corrected chi connectivity index (χ0v) is 19.4. The summed E-state index contributed by atoms with van der Waals surface area (Å²) in [6, 6.07) is 14.4. The lowest BCUT2D eigenvalue weighted by atomic mass is 9.95. The van der Waals surface area contributed by atoms with Crippen LogP contribution >= 0.6 is 0 Å². The third-order valence-corrected chi connectivity index (χ3v) is 6.11. The molecule has 0 saturated carbocycles. The van der Waals surface area contributed by atoms with Crippen LogP contribution in [0.25, 0.3) is 0 Å². The van der Waals surface area contributed by atoms with Crippen LogP contribution < -0.4 is 24.4 Å². The molecule has 7 nitrogen and oxygen atoms in total. The summed E-state index contributed by atoms with van der Waals surface area (Å²) in [6.45, 7) is 10.2. The molecule has 1 fully saturated rings. The number of anilines is 1. The van der Waals surface area contributed by atoms with Crippen LogP contribution in [-0.4, -0.2) is 57.4 Å². The largest absolute Gasteiger partial charge is 0.497 e. The number of nitrogens with zero attached hydrogens (tertiary/aromatic N) is 2. The van der Waals surface area contributed by atoms with Crippen molar-refractivity contribution in [3.05, 3.63) is 48.0 Å². The van der Waals surface area contributed by atoms with Crippen molar-refractivity contribution in [3.8, 4) is 17.2 Å². The van der Waals surface area contributed by atoms with E-state index < -0.39 is 5.41 Å². The number of ether oxygens (including phenoxy) is 3. The molecule has 4 rings (SSSR count). The SMILES string of the molecule is COc1ccc(N2CCN([C@@H](CNC(=O)C(C)(C)C)c3ccc4c(c3)OCO4)CC2)cc1. The van der Waals surface area contributed by atoms with Crippen LogP contribution in [0.5, 0.6) is 17.2 Å². The Morgan fingerprint density at radius 3 is 2.38 bits per heavy atom. The summed E-state index contributed by atoms with van der Waals surface area (Å²) in [5.74, 6) is 2.46. The highest BCUT2D eigenvalue weighted by Gasteiger charge is 2.29. The maximum Gasteiger partial charge on any atom is 0.231 e. The van der Waals surface area contributed by atoms with Crippen molar-refractivity contribution in [2.24, 2.45) is 5.41 Å². The summed E-state index contributed by atoms with van der Waals surface area (Å²) in [5, 5.41) is 3.16. The van der Waals surface area contributed by atoms with Crippen molar-refractivity contribution in [3.63, 3.8) is 0 Å². The summed E-state index contributed by atoms with van der Waals surface area (Å²) in [6.07, 6.45) is 0. The van der Waals surface area contributed by atoms with Gasteiger partial charge in [0.15, 0.2) is 11.5 Å². The predicted molar refractivity (Wildman–Crippen MR) is 125 cm³/mol. The fraction of sp³-hybridized carbons (Fsp3) is 0.480. The fourth-order valence-corrected chi connectivity index (χ4v) is 4.12. The molecule has 1 N–H and O–H groups in total. The Bertz CT molecular complexity index is 931. The molecule has 0 radical (unpaired) electrons. The molecule has 2 aromatic rings. The molecule has 172 valence electrons. The van der Waals surface area contributed by atoms with Crippen molar-refractivity contribution in [1.29, 1.82) is 0 Å². The average molecular weight is 440 g/mol. The topological polar surface area (TPSA) is 63.3 Å². The molecule has 2 heterocycles. The summed E-state index contributed by atoms with van der Waals surface area (Å²) in [5.41, 5.74) is 1.90. The van der Waals surface area contributed by atoms with E-state index in [0.29, 0.717) is 6.54 Å². The summed E-state index contributed by atoms with van der Waals surface area (Å²) in [7, 11) is 1.68. The first-order chi connectivity index (χ1) is 15.3. The number of carbonyl (C=O) groups is 1. The second-order valence-corrected chi connectivity index (χ2v) is 9.31. The summed E-state index contributed by atoms with van der Waals surface area (Å²) in [4.78, 5) is 17.4. The van der Waals surface area contributed by atoms with Gasteiger partial charge in [-0.15, -0.1) is 0 Å². The highest BCUT2D eigenvalue weighted by molar-refractivity contribution is 5.81. The van der Waals surface area contributed by atoms with Crippen molar-refractivity contribution in [2.75, 3.05) is 51.5 Å². The molecule has 0 bridgehead atoms. The van der Waals surface area contributed by atoms with Crippen LogP contribution in [0.15, 0.2) is 42.5 Å². The Hall–Kier alpha value is -2.93. The lowest BCUT2D eigenvalue weighted by Crippen LogP contribution is -2.50. The van der Waals surface area contributed by atoms with E-state index in [1.54, 1.807) is 7.11 Å². The highest BCUT2D eigenvalue weighted by atomic mass is 16.7. The van der Waals surface area contributed by atoms with E-state index in [1.807, 2.05) is 45.0 Å². The molecular formula is C25H33N3O4. The molecule has 2 aromatic carbocycles. The molecule has 1 amide bonds. The number of rotatable bonds is 6. The van der Waals surface area contributed by atoms with Gasteiger partial charge in [0.1, 0.15) is 5.75 Å². The zero-order chi connectivity index (χ0) is 22.7. The van der Waals surface area contributed by atoms with Gasteiger partial charge in [-0.1, -0.05) is 26.8 Å². The van der Waals surface area contributed by atoms with Crippen LogP contribution in [0, 0.1) is 5.41 Å². The zero-order valence-electron chi connectivity index (χ0n) is 19.4. The first-order valence-corrected chi connectivity index (χ1v) is 11.2. The van der Waals surface area contributed by atoms with E-state index >= 15 is 0 Å². The smallest absolute Gasteiger partial charge is 0.231 e. The average Bonchev–Trinajstić information content (AvgIpc) is 3.27. The standard InChI is InChI=1S/C25H33N3O4/c1-25(2,3)24(29)26-16-21(18-5-10-22-23(15-18)32-17-31-22)28-13-11-27(12-14-28)19-6-8-20(30-4)9-7-19/h5-10,15,21H,11-14,16-17H2,1-4H3,(H,26,29)/t21-/m0/s1. The fourth-order valence-electron chi connectivity index (χ4n) is 4.12. The van der Waals surface area contributed by atoms with Crippen LogP contribution in [0.3, 0.4) is 0 Å². The van der Waals surface area contributed by atoms with Crippen molar-refractivity contribution < 1.29 is 19.0 Å². The van der Waals surface area contributed by atoms with Crippen LogP contribution in [0.1, 0.15) is 32.4 Å². The normalized spacial score (nSPS) is 17.2. The molecule has 0 unspecified atom stereocenters. The number of nitrogens with one attached hydrogen (secondary N) is 1. The van der Waals surface area contributed by atoms with Gasteiger partial charge in [0.05, 0.1) is 13.2 Å². The lowest BCUT2D eigenvalue weighted by molar-refractivity contribution is -0.128. The number of benzene rings is 2. The summed E-state index contributed by atoms with van der Waals surface area (Å²) >= 11 is 0. The van der Waals surface area contributed by atoms with E-state index in [2.05, 4.69) is 33.3 Å². The monoisotopic (exact) mass is 439 g/mol. The number of hydrogen-bond donors (Lipinski definition) is 1. The van der Waals surface area contributed by atoms with Gasteiger partial charge in [0.25, 0.3) is 0 Å². The molecule has 1 saturated heterocycles. The minimum absolute atomic E-state index is 0.0557. The Kier molecular flexibility index (Phi) is 6.46. The van der Waals surface area contributed by atoms with Gasteiger partial charge in [-0.2, -0.15) is 0 Å². The maximum absolute atomic E-state index is 12.6. The third kappa shape index (κ3) is 4.93. The highest BCUT2D eigenvalue weighted by Crippen LogP contribution is 2.36. The van der Waals surface area contributed by atoms with Crippen LogP contribution in [-0.2, 0) is 4.79 Å². The molecule has 1 atom stereocenters. The second-order valence-electron chi connectivity index (χ2n) is 9.31. The Morgan fingerprint density at radius 2 is 1.72 bits per heavy atom. The number of piperazine rings is 1. The molecule has 32 heavy (non-hydrogen) atoms. The number of carbonyl (C=O) groups excluding carboxylic acids is 1. The molecule has 7 heteroatoms. The first-order valence-electron chi connectivity index (χ1n) is 11.2. The van der Waals surface area contributed by atoms with Crippen LogP contribution in [0.2, 0.25) is 0 Å². The van der Waals surface area contributed by atoms with Gasteiger partial charge >= 0.3 is 0 Å². The second kappa shape index (κ2) is 9.28. The van der Waals surface area contributed by atoms with Gasteiger partial charge in [-0.05, 0) is 42.0 Å². The van der Waals surface area contributed by atoms with Gasteiger partial charge in [0.2, 0.25) is 12.7 Å². The Balaban J connectivity index is 1.48. The van der Waals surface area contributed by atoms with E-state index in [9.17, 15) is 4.79 Å². The maximum atomic E-state index is 12.6. The number of fused-ring (bicyclic) bond motifs is 1. The quantitative estimate of drug-likeness (QED) is 0.744. The van der Waals surface area contributed by atoms with E-state index in [0.717, 1.165) is 49.0 Å². The van der Waals surface area contributed by atoms with E-state index in [4.69, 9.17) is 14.2 Å². The minimum Gasteiger partial charge on any atom is -0.497 e. The molecular weight excluding hydrogens is 406 g/mol. The van der Waals surface area contributed by atoms with Crippen molar-refractivity contribution >= 4 is 11.6 Å². The Labute approximate surface area is 190 Å². The van der Waals surface area contributed by atoms with Gasteiger partial charge in [0, 0.05) is 43.8 Å². The molecule has 2 aliphatic rings. The van der Waals surface area contributed by atoms with E-state index in [-0.39, 0.29) is 18.7 Å². The summed E-state index contributed by atoms with van der Waals surface area (Å²) < 4.78 is 16.4. The van der Waals surface area contributed by atoms with E-state index in [1.165, 1.54) is 5.69 Å². The predicted octanol–water partition coefficient (Wildman–Crippen LogP) is 3.45. The molecule has 2 aliphatic heterocycles. The molecule has 0 aliphatic carbocycles. The van der Waals surface area contributed by atoms with Gasteiger partial charge in [-0.25, -0.2) is 0 Å². The van der Waals surface area contributed by atoms with Crippen molar-refractivity contribution in [2.45, 2.75) is 26.8 Å². The van der Waals surface area contributed by atoms with Gasteiger partial charge < -0.3 is 24.4 Å². The lowest BCUT2D eigenvalue weighted by Gasteiger charge is -2.40. The Morgan fingerprint density at radius 1 is 1.03 bits per heavy atom. The molecule has 0 aromatic heterocycles. The van der Waals surface area contributed by atoms with Crippen molar-refractivity contribution in [1.82, 2.24) is 10.2 Å². The van der Waals surface area contributed by atoms with Gasteiger partial charge in [-0.3, -0.25) is 9.69 Å². The first kappa shape index (κ1) is 22.3. The third-order valence-electron chi connectivity index (χ3n) is 6.11. The minimum atomic E-state index is -0.424. The number of amides is 1. The number of hydrogen-bond acceptors (Lipinski definition) is 6. The molecule has 0 spiro atoms. The number of methoxy groups -OCH3 is 1.